The molecule has 4 rings (SSSR count). The molecule has 8 nitrogen and oxygen atoms in total. The first-order valence-electron chi connectivity index (χ1n) is 9.69. The number of nitrogens with one attached hydrogen (secondary N) is 2. The van der Waals surface area contributed by atoms with Crippen LogP contribution in [0.4, 0.5) is 11.6 Å². The van der Waals surface area contributed by atoms with Crippen LogP contribution in [-0.2, 0) is 4.74 Å². The molecule has 1 aromatic carbocycles. The van der Waals surface area contributed by atoms with Crippen LogP contribution in [0, 0.1) is 6.92 Å². The summed E-state index contributed by atoms with van der Waals surface area (Å²) in [5, 5.41) is 11.1. The summed E-state index contributed by atoms with van der Waals surface area (Å²) in [6, 6.07) is 7.69. The van der Waals surface area contributed by atoms with Crippen molar-refractivity contribution in [1.82, 2.24) is 25.1 Å². The molecular weight excluding hydrogens is 404 g/mol. The normalized spacial score (nSPS) is 14.1. The third-order valence-corrected chi connectivity index (χ3v) is 5.10. The van der Waals surface area contributed by atoms with Gasteiger partial charge < -0.3 is 15.4 Å². The third kappa shape index (κ3) is 4.60. The van der Waals surface area contributed by atoms with Crippen LogP contribution in [0.15, 0.2) is 42.9 Å². The number of piperidine rings is 1. The minimum Gasteiger partial charge on any atom is -0.465 e. The number of carbonyl (C=O) groups excluding carboxylic acids is 1. The van der Waals surface area contributed by atoms with Crippen LogP contribution in [0.2, 0.25) is 0 Å². The van der Waals surface area contributed by atoms with Gasteiger partial charge in [-0.3, -0.25) is 4.68 Å². The molecule has 0 bridgehead atoms. The molecule has 0 saturated carbocycles. The zero-order valence-electron chi connectivity index (χ0n) is 17.0. The number of carbonyl (C=O) groups is 1. The van der Waals surface area contributed by atoms with Crippen LogP contribution >= 0.6 is 12.4 Å². The molecule has 1 fully saturated rings. The van der Waals surface area contributed by atoms with Gasteiger partial charge in [-0.05, 0) is 44.5 Å². The molecule has 9 heteroatoms. The number of aromatic nitrogens is 4. The summed E-state index contributed by atoms with van der Waals surface area (Å²) in [5.41, 5.74) is 3.58. The van der Waals surface area contributed by atoms with E-state index in [1.807, 2.05) is 29.9 Å². The number of nitrogens with zero attached hydrogens (tertiary/aromatic N) is 4. The second-order valence-electron chi connectivity index (χ2n) is 7.08. The maximum absolute atomic E-state index is 12.2. The average Bonchev–Trinajstić information content (AvgIpc) is 3.24. The molecule has 3 heterocycles. The van der Waals surface area contributed by atoms with Crippen molar-refractivity contribution in [1.29, 1.82) is 0 Å². The van der Waals surface area contributed by atoms with E-state index in [4.69, 9.17) is 4.74 Å². The molecule has 0 amide bonds. The van der Waals surface area contributed by atoms with E-state index < -0.39 is 5.97 Å². The molecule has 3 aromatic rings. The highest BCUT2D eigenvalue weighted by atomic mass is 35.5. The number of hydrogen-bond donors (Lipinski definition) is 2. The Balaban J connectivity index is 0.00000256. The van der Waals surface area contributed by atoms with E-state index in [9.17, 15) is 4.79 Å². The number of rotatable bonds is 5. The summed E-state index contributed by atoms with van der Waals surface area (Å²) < 4.78 is 6.92. The second kappa shape index (κ2) is 9.69. The average molecular weight is 429 g/mol. The van der Waals surface area contributed by atoms with Crippen LogP contribution in [0.1, 0.15) is 34.8 Å². The van der Waals surface area contributed by atoms with E-state index in [1.54, 1.807) is 24.5 Å². The Morgan fingerprint density at radius 1 is 1.23 bits per heavy atom. The van der Waals surface area contributed by atoms with Crippen molar-refractivity contribution in [3.8, 4) is 11.3 Å². The van der Waals surface area contributed by atoms with E-state index in [-0.39, 0.29) is 12.4 Å². The van der Waals surface area contributed by atoms with Crippen LogP contribution in [0.5, 0.6) is 0 Å². The number of hydrogen-bond acceptors (Lipinski definition) is 7. The quantitative estimate of drug-likeness (QED) is 0.600. The van der Waals surface area contributed by atoms with Gasteiger partial charge in [0.05, 0.1) is 36.3 Å². The SMILES string of the molecule is COC(=O)c1ccccc1-c1nc(Nc2cnn(C3CCNCC3)c2)ncc1C.Cl. The largest absolute Gasteiger partial charge is 0.465 e. The Hall–Kier alpha value is -2.97. The van der Waals surface area contributed by atoms with Gasteiger partial charge >= 0.3 is 5.97 Å². The van der Waals surface area contributed by atoms with Gasteiger partial charge in [0, 0.05) is 18.0 Å². The minimum absolute atomic E-state index is 0. The molecule has 2 aromatic heterocycles. The van der Waals surface area contributed by atoms with Crippen molar-refractivity contribution < 1.29 is 9.53 Å². The van der Waals surface area contributed by atoms with E-state index >= 15 is 0 Å². The molecule has 1 saturated heterocycles. The molecule has 0 atom stereocenters. The Kier molecular flexibility index (Phi) is 7.02. The van der Waals surface area contributed by atoms with Gasteiger partial charge in [0.25, 0.3) is 0 Å². The number of esters is 1. The molecule has 2 N–H and O–H groups in total. The summed E-state index contributed by atoms with van der Waals surface area (Å²) in [4.78, 5) is 21.2. The summed E-state index contributed by atoms with van der Waals surface area (Å²) in [6.45, 7) is 3.94. The first-order chi connectivity index (χ1) is 14.2. The van der Waals surface area contributed by atoms with Gasteiger partial charge in [-0.1, -0.05) is 18.2 Å². The molecule has 0 spiro atoms. The van der Waals surface area contributed by atoms with Crippen molar-refractivity contribution in [2.75, 3.05) is 25.5 Å². The lowest BCUT2D eigenvalue weighted by Crippen LogP contribution is -2.29. The molecule has 0 aliphatic carbocycles. The predicted molar refractivity (Wildman–Crippen MR) is 117 cm³/mol. The third-order valence-electron chi connectivity index (χ3n) is 5.10. The van der Waals surface area contributed by atoms with Crippen molar-refractivity contribution in [3.05, 3.63) is 54.0 Å². The van der Waals surface area contributed by atoms with E-state index in [0.29, 0.717) is 28.8 Å². The van der Waals surface area contributed by atoms with Gasteiger partial charge in [-0.2, -0.15) is 5.10 Å². The molecule has 30 heavy (non-hydrogen) atoms. The van der Waals surface area contributed by atoms with Crippen molar-refractivity contribution in [2.24, 2.45) is 0 Å². The van der Waals surface area contributed by atoms with Gasteiger partial charge in [-0.25, -0.2) is 14.8 Å². The Labute approximate surface area is 181 Å². The molecule has 158 valence electrons. The fourth-order valence-corrected chi connectivity index (χ4v) is 3.56. The lowest BCUT2D eigenvalue weighted by Gasteiger charge is -2.22. The predicted octanol–water partition coefficient (Wildman–Crippen LogP) is 3.53. The highest BCUT2D eigenvalue weighted by Gasteiger charge is 2.18. The van der Waals surface area contributed by atoms with Crippen LogP contribution in [0.3, 0.4) is 0 Å². The number of benzene rings is 1. The molecule has 0 radical (unpaired) electrons. The smallest absolute Gasteiger partial charge is 0.338 e. The monoisotopic (exact) mass is 428 g/mol. The zero-order valence-corrected chi connectivity index (χ0v) is 17.8. The van der Waals surface area contributed by atoms with Crippen molar-refractivity contribution in [3.63, 3.8) is 0 Å². The summed E-state index contributed by atoms with van der Waals surface area (Å²) in [5.74, 6) is 0.0616. The lowest BCUT2D eigenvalue weighted by atomic mass is 10.0. The highest BCUT2D eigenvalue weighted by Crippen LogP contribution is 2.27. The van der Waals surface area contributed by atoms with Gasteiger partial charge in [0.15, 0.2) is 0 Å². The number of halogens is 1. The maximum Gasteiger partial charge on any atom is 0.338 e. The van der Waals surface area contributed by atoms with E-state index in [0.717, 1.165) is 37.2 Å². The number of ether oxygens (including phenoxy) is 1. The minimum atomic E-state index is -0.392. The van der Waals surface area contributed by atoms with E-state index in [1.165, 1.54) is 7.11 Å². The number of methoxy groups -OCH3 is 1. The Morgan fingerprint density at radius 2 is 2.00 bits per heavy atom. The maximum atomic E-state index is 12.2. The fraction of sp³-hybridized carbons (Fsp3) is 0.333. The fourth-order valence-electron chi connectivity index (χ4n) is 3.56. The highest BCUT2D eigenvalue weighted by molar-refractivity contribution is 5.97. The van der Waals surface area contributed by atoms with Crippen molar-refractivity contribution in [2.45, 2.75) is 25.8 Å². The van der Waals surface area contributed by atoms with Crippen molar-refractivity contribution >= 4 is 30.0 Å². The first-order valence-corrected chi connectivity index (χ1v) is 9.69. The van der Waals surface area contributed by atoms with Crippen LogP contribution in [0.25, 0.3) is 11.3 Å². The van der Waals surface area contributed by atoms with Gasteiger partial charge in [0.1, 0.15) is 0 Å². The first kappa shape index (κ1) is 21.7. The summed E-state index contributed by atoms with van der Waals surface area (Å²) in [7, 11) is 1.37. The Bertz CT molecular complexity index is 1020. The lowest BCUT2D eigenvalue weighted by molar-refractivity contribution is 0.0601. The standard InChI is InChI=1S/C21H24N6O2.ClH/c1-14-11-23-21(25-15-12-24-27(13-15)16-7-9-22-10-8-16)26-19(14)17-5-3-4-6-18(17)20(28)29-2;/h3-6,11-13,16,22H,7-10H2,1-2H3,(H,23,25,26);1H. The molecular formula is C21H25ClN6O2. The topological polar surface area (TPSA) is 94.0 Å². The molecule has 1 aliphatic rings. The van der Waals surface area contributed by atoms with Crippen LogP contribution in [-0.4, -0.2) is 45.9 Å². The van der Waals surface area contributed by atoms with E-state index in [2.05, 4.69) is 25.7 Å². The number of aryl methyl sites for hydroxylation is 1. The van der Waals surface area contributed by atoms with Crippen LogP contribution < -0.4 is 10.6 Å². The van der Waals surface area contributed by atoms with Gasteiger partial charge in [0.2, 0.25) is 5.95 Å². The Morgan fingerprint density at radius 3 is 2.77 bits per heavy atom. The summed E-state index contributed by atoms with van der Waals surface area (Å²) >= 11 is 0. The summed E-state index contributed by atoms with van der Waals surface area (Å²) in [6.07, 6.45) is 7.65. The molecule has 1 aliphatic heterocycles. The molecule has 0 unspecified atom stereocenters. The second-order valence-corrected chi connectivity index (χ2v) is 7.08. The zero-order chi connectivity index (χ0) is 20.2. The number of anilines is 2. The van der Waals surface area contributed by atoms with Gasteiger partial charge in [-0.15, -0.1) is 12.4 Å².